The van der Waals surface area contributed by atoms with Crippen LogP contribution in [0, 0.1) is 0 Å². The number of carbonyl (C=O) groups excluding carboxylic acids is 1. The number of para-hydroxylation sites is 1. The summed E-state index contributed by atoms with van der Waals surface area (Å²) in [6, 6.07) is 18.1. The maximum absolute atomic E-state index is 13.0. The average molecular weight is 334 g/mol. The van der Waals surface area contributed by atoms with Crippen LogP contribution in [0.4, 0.5) is 5.69 Å². The second kappa shape index (κ2) is 7.11. The summed E-state index contributed by atoms with van der Waals surface area (Å²) in [4.78, 5) is 15.3. The number of morpholine rings is 1. The number of hydrogen-bond donors (Lipinski definition) is 1. The average Bonchev–Trinajstić information content (AvgIpc) is 2.68. The van der Waals surface area contributed by atoms with E-state index in [1.54, 1.807) is 0 Å². The van der Waals surface area contributed by atoms with E-state index < -0.39 is 0 Å². The molecule has 1 fully saturated rings. The summed E-state index contributed by atoms with van der Waals surface area (Å²) in [5.74, 6) is 0.00203. The first-order chi connectivity index (χ1) is 12.3. The second-order valence-corrected chi connectivity index (χ2v) is 6.40. The van der Waals surface area contributed by atoms with Crippen molar-refractivity contribution in [2.45, 2.75) is 12.8 Å². The highest BCUT2D eigenvalue weighted by Gasteiger charge is 2.28. The van der Waals surface area contributed by atoms with Gasteiger partial charge in [-0.05, 0) is 30.5 Å². The molecule has 0 bridgehead atoms. The number of hydrogen-bond acceptors (Lipinski definition) is 3. The summed E-state index contributed by atoms with van der Waals surface area (Å²) in [6.07, 6.45) is 1.67. The van der Waals surface area contributed by atoms with E-state index in [2.05, 4.69) is 34.5 Å². The molecule has 0 saturated carbocycles. The third-order valence-corrected chi connectivity index (χ3v) is 4.84. The van der Waals surface area contributed by atoms with Crippen molar-refractivity contribution in [3.63, 3.8) is 0 Å². The van der Waals surface area contributed by atoms with E-state index in [1.165, 1.54) is 11.1 Å². The number of anilines is 1. The first-order valence-corrected chi connectivity index (χ1v) is 8.83. The predicted molar refractivity (Wildman–Crippen MR) is 99.1 cm³/mol. The van der Waals surface area contributed by atoms with Crippen LogP contribution in [-0.2, 0) is 16.0 Å². The molecule has 1 aliphatic carbocycles. The lowest BCUT2D eigenvalue weighted by atomic mass is 9.88. The van der Waals surface area contributed by atoms with E-state index in [4.69, 9.17) is 4.74 Å². The smallest absolute Gasteiger partial charge is 0.253 e. The largest absolute Gasteiger partial charge is 0.378 e. The standard InChI is InChI=1S/C21H22N2O2/c24-21(22-17-7-2-1-3-8-17)19-11-10-16-6-4-5-9-18(16)20(19)23-12-14-25-15-13-23/h1-9H,10-15H2,(H,22,24). The Hall–Kier alpha value is -2.59. The molecule has 4 nitrogen and oxygen atoms in total. The Morgan fingerprint density at radius 3 is 2.44 bits per heavy atom. The highest BCUT2D eigenvalue weighted by molar-refractivity contribution is 6.09. The zero-order chi connectivity index (χ0) is 17.1. The Kier molecular flexibility index (Phi) is 4.53. The van der Waals surface area contributed by atoms with E-state index in [0.29, 0.717) is 13.2 Å². The van der Waals surface area contributed by atoms with Gasteiger partial charge in [-0.15, -0.1) is 0 Å². The fraction of sp³-hybridized carbons (Fsp3) is 0.286. The Morgan fingerprint density at radius 1 is 0.920 bits per heavy atom. The lowest BCUT2D eigenvalue weighted by molar-refractivity contribution is -0.113. The molecule has 1 saturated heterocycles. The van der Waals surface area contributed by atoms with E-state index in [-0.39, 0.29) is 5.91 Å². The molecule has 0 radical (unpaired) electrons. The minimum atomic E-state index is 0.00203. The summed E-state index contributed by atoms with van der Waals surface area (Å²) in [5.41, 5.74) is 5.30. The third kappa shape index (κ3) is 3.30. The highest BCUT2D eigenvalue weighted by atomic mass is 16.5. The van der Waals surface area contributed by atoms with Gasteiger partial charge in [-0.1, -0.05) is 42.5 Å². The molecular weight excluding hydrogens is 312 g/mol. The summed E-state index contributed by atoms with van der Waals surface area (Å²) < 4.78 is 5.51. The number of rotatable bonds is 3. The van der Waals surface area contributed by atoms with Gasteiger partial charge in [0.05, 0.1) is 18.9 Å². The maximum Gasteiger partial charge on any atom is 0.253 e. The Labute approximate surface area is 148 Å². The highest BCUT2D eigenvalue weighted by Crippen LogP contribution is 2.34. The predicted octanol–water partition coefficient (Wildman–Crippen LogP) is 3.31. The molecule has 128 valence electrons. The molecule has 2 aromatic carbocycles. The third-order valence-electron chi connectivity index (χ3n) is 4.84. The van der Waals surface area contributed by atoms with E-state index in [0.717, 1.165) is 42.9 Å². The first kappa shape index (κ1) is 15.9. The van der Waals surface area contributed by atoms with Crippen LogP contribution in [0.1, 0.15) is 17.5 Å². The SMILES string of the molecule is O=C(Nc1ccccc1)C1=C(N2CCOCC2)c2ccccc2CC1. The van der Waals surface area contributed by atoms with Gasteiger partial charge in [0, 0.05) is 29.9 Å². The van der Waals surface area contributed by atoms with Gasteiger partial charge in [0.25, 0.3) is 5.91 Å². The Morgan fingerprint density at radius 2 is 1.64 bits per heavy atom. The van der Waals surface area contributed by atoms with Gasteiger partial charge < -0.3 is 15.0 Å². The Balaban J connectivity index is 1.72. The molecule has 4 rings (SSSR count). The van der Waals surface area contributed by atoms with Crippen LogP contribution in [0.25, 0.3) is 5.70 Å². The fourth-order valence-electron chi connectivity index (χ4n) is 3.61. The zero-order valence-corrected chi connectivity index (χ0v) is 14.2. The molecule has 2 aliphatic rings. The van der Waals surface area contributed by atoms with Gasteiger partial charge in [0.2, 0.25) is 0 Å². The Bertz CT molecular complexity index is 793. The number of nitrogens with one attached hydrogen (secondary N) is 1. The quantitative estimate of drug-likeness (QED) is 0.936. The van der Waals surface area contributed by atoms with Crippen molar-refractivity contribution in [2.24, 2.45) is 0 Å². The summed E-state index contributed by atoms with van der Waals surface area (Å²) in [7, 11) is 0. The van der Waals surface area contributed by atoms with E-state index >= 15 is 0 Å². The first-order valence-electron chi connectivity index (χ1n) is 8.83. The van der Waals surface area contributed by atoms with E-state index in [9.17, 15) is 4.79 Å². The summed E-state index contributed by atoms with van der Waals surface area (Å²) in [6.45, 7) is 3.07. The van der Waals surface area contributed by atoms with Crippen LogP contribution in [-0.4, -0.2) is 37.1 Å². The number of amides is 1. The number of aryl methyl sites for hydroxylation is 1. The van der Waals surface area contributed by atoms with Crippen molar-refractivity contribution >= 4 is 17.3 Å². The van der Waals surface area contributed by atoms with Crippen molar-refractivity contribution in [1.82, 2.24) is 4.90 Å². The van der Waals surface area contributed by atoms with Crippen LogP contribution in [0.15, 0.2) is 60.2 Å². The molecule has 0 spiro atoms. The molecule has 25 heavy (non-hydrogen) atoms. The molecule has 1 heterocycles. The number of ether oxygens (including phenoxy) is 1. The number of benzene rings is 2. The molecule has 1 amide bonds. The van der Waals surface area contributed by atoms with Crippen molar-refractivity contribution in [2.75, 3.05) is 31.6 Å². The summed E-state index contributed by atoms with van der Waals surface area (Å²) in [5, 5.41) is 3.06. The van der Waals surface area contributed by atoms with Gasteiger partial charge in [-0.3, -0.25) is 4.79 Å². The molecule has 0 aromatic heterocycles. The summed E-state index contributed by atoms with van der Waals surface area (Å²) >= 11 is 0. The topological polar surface area (TPSA) is 41.6 Å². The monoisotopic (exact) mass is 334 g/mol. The minimum Gasteiger partial charge on any atom is -0.378 e. The molecule has 0 unspecified atom stereocenters. The van der Waals surface area contributed by atoms with Gasteiger partial charge in [-0.2, -0.15) is 0 Å². The van der Waals surface area contributed by atoms with Crippen molar-refractivity contribution in [1.29, 1.82) is 0 Å². The molecule has 0 atom stereocenters. The van der Waals surface area contributed by atoms with Crippen LogP contribution >= 0.6 is 0 Å². The number of fused-ring (bicyclic) bond motifs is 1. The maximum atomic E-state index is 13.0. The lowest BCUT2D eigenvalue weighted by Crippen LogP contribution is -2.37. The number of nitrogens with zero attached hydrogens (tertiary/aromatic N) is 1. The van der Waals surface area contributed by atoms with Crippen molar-refractivity contribution in [3.05, 3.63) is 71.3 Å². The van der Waals surface area contributed by atoms with Crippen molar-refractivity contribution in [3.8, 4) is 0 Å². The van der Waals surface area contributed by atoms with Crippen LogP contribution < -0.4 is 5.32 Å². The van der Waals surface area contributed by atoms with Crippen LogP contribution in [0.3, 0.4) is 0 Å². The molecular formula is C21H22N2O2. The molecule has 2 aromatic rings. The number of carbonyl (C=O) groups is 1. The van der Waals surface area contributed by atoms with Crippen molar-refractivity contribution < 1.29 is 9.53 Å². The minimum absolute atomic E-state index is 0.00203. The van der Waals surface area contributed by atoms with Gasteiger partial charge in [0.1, 0.15) is 0 Å². The zero-order valence-electron chi connectivity index (χ0n) is 14.2. The lowest BCUT2D eigenvalue weighted by Gasteiger charge is -2.35. The molecule has 4 heteroatoms. The molecule has 1 aliphatic heterocycles. The van der Waals surface area contributed by atoms with E-state index in [1.807, 2.05) is 30.3 Å². The van der Waals surface area contributed by atoms with Crippen LogP contribution in [0.5, 0.6) is 0 Å². The fourth-order valence-corrected chi connectivity index (χ4v) is 3.61. The normalized spacial score (nSPS) is 17.2. The van der Waals surface area contributed by atoms with Gasteiger partial charge in [0.15, 0.2) is 0 Å². The van der Waals surface area contributed by atoms with Gasteiger partial charge >= 0.3 is 0 Å². The second-order valence-electron chi connectivity index (χ2n) is 6.40. The van der Waals surface area contributed by atoms with Gasteiger partial charge in [-0.25, -0.2) is 0 Å². The molecule has 1 N–H and O–H groups in total. The van der Waals surface area contributed by atoms with Crippen LogP contribution in [0.2, 0.25) is 0 Å².